The molecule has 166 valence electrons. The van der Waals surface area contributed by atoms with Gasteiger partial charge in [-0.1, -0.05) is 48.7 Å². The van der Waals surface area contributed by atoms with Gasteiger partial charge in [0, 0.05) is 6.04 Å². The minimum absolute atomic E-state index is 0.0926. The van der Waals surface area contributed by atoms with Crippen LogP contribution in [0.3, 0.4) is 0 Å². The molecular formula is C25H25ClN2O4. The number of furan rings is 1. The number of halogens is 1. The average molecular weight is 453 g/mol. The van der Waals surface area contributed by atoms with Crippen molar-refractivity contribution in [1.29, 1.82) is 0 Å². The Morgan fingerprint density at radius 1 is 1.06 bits per heavy atom. The van der Waals surface area contributed by atoms with Crippen LogP contribution in [0.5, 0.6) is 5.75 Å². The lowest BCUT2D eigenvalue weighted by atomic mass is 10.0. The minimum Gasteiger partial charge on any atom is -0.497 e. The van der Waals surface area contributed by atoms with E-state index in [0.717, 1.165) is 25.7 Å². The Labute approximate surface area is 192 Å². The summed E-state index contributed by atoms with van der Waals surface area (Å²) in [7, 11) is 1.58. The molecule has 1 aliphatic carbocycles. The van der Waals surface area contributed by atoms with Crippen molar-refractivity contribution in [2.45, 2.75) is 37.8 Å². The Bertz CT molecular complexity index is 1060. The molecule has 1 atom stereocenters. The number of benzene rings is 2. The van der Waals surface area contributed by atoms with Gasteiger partial charge in [0.1, 0.15) is 11.8 Å². The number of nitrogens with one attached hydrogen (secondary N) is 1. The van der Waals surface area contributed by atoms with Crippen molar-refractivity contribution in [2.24, 2.45) is 0 Å². The van der Waals surface area contributed by atoms with Gasteiger partial charge < -0.3 is 14.5 Å². The van der Waals surface area contributed by atoms with Gasteiger partial charge in [-0.05, 0) is 54.8 Å². The molecule has 6 nitrogen and oxygen atoms in total. The second-order valence-electron chi connectivity index (χ2n) is 7.77. The van der Waals surface area contributed by atoms with Crippen LogP contribution in [-0.2, 0) is 4.79 Å². The predicted octanol–water partition coefficient (Wildman–Crippen LogP) is 5.39. The van der Waals surface area contributed by atoms with Crippen molar-refractivity contribution in [3.63, 3.8) is 0 Å². The molecule has 0 unspecified atom stereocenters. The highest BCUT2D eigenvalue weighted by Crippen LogP contribution is 2.35. The highest BCUT2D eigenvalue weighted by atomic mass is 35.5. The van der Waals surface area contributed by atoms with Crippen molar-refractivity contribution in [1.82, 2.24) is 5.32 Å². The van der Waals surface area contributed by atoms with E-state index in [4.69, 9.17) is 20.8 Å². The van der Waals surface area contributed by atoms with Crippen LogP contribution in [0.25, 0.3) is 0 Å². The van der Waals surface area contributed by atoms with Gasteiger partial charge in [-0.3, -0.25) is 14.5 Å². The summed E-state index contributed by atoms with van der Waals surface area (Å²) in [5.41, 5.74) is 1.07. The molecular weight excluding hydrogens is 428 g/mol. The summed E-state index contributed by atoms with van der Waals surface area (Å²) in [4.78, 5) is 28.7. The molecule has 7 heteroatoms. The lowest BCUT2D eigenvalue weighted by molar-refractivity contribution is -0.123. The molecule has 0 radical (unpaired) electrons. The third-order valence-corrected chi connectivity index (χ3v) is 6.02. The Morgan fingerprint density at radius 2 is 1.78 bits per heavy atom. The molecule has 32 heavy (non-hydrogen) atoms. The van der Waals surface area contributed by atoms with Crippen LogP contribution >= 0.6 is 11.6 Å². The second kappa shape index (κ2) is 9.92. The smallest absolute Gasteiger partial charge is 0.295 e. The minimum atomic E-state index is -0.945. The lowest BCUT2D eigenvalue weighted by Crippen LogP contribution is -2.46. The average Bonchev–Trinajstić information content (AvgIpc) is 3.52. The van der Waals surface area contributed by atoms with E-state index in [1.54, 1.807) is 67.8 Å². The van der Waals surface area contributed by atoms with Gasteiger partial charge in [0.25, 0.3) is 5.91 Å². The van der Waals surface area contributed by atoms with E-state index >= 15 is 0 Å². The first kappa shape index (κ1) is 22.0. The first-order valence-corrected chi connectivity index (χ1v) is 11.0. The fourth-order valence-corrected chi connectivity index (χ4v) is 4.31. The Morgan fingerprint density at radius 3 is 2.41 bits per heavy atom. The summed E-state index contributed by atoms with van der Waals surface area (Å²) < 4.78 is 10.7. The molecule has 1 N–H and O–H groups in total. The number of hydrogen-bond donors (Lipinski definition) is 1. The zero-order valence-corrected chi connectivity index (χ0v) is 18.5. The van der Waals surface area contributed by atoms with Gasteiger partial charge in [0.2, 0.25) is 5.91 Å². The number of carbonyl (C=O) groups excluding carboxylic acids is 2. The maximum atomic E-state index is 13.6. The molecule has 0 saturated heterocycles. The number of anilines is 1. The summed E-state index contributed by atoms with van der Waals surface area (Å²) in [5.74, 6) is 0.0647. The number of hydrogen-bond acceptors (Lipinski definition) is 4. The van der Waals surface area contributed by atoms with Crippen molar-refractivity contribution in [2.75, 3.05) is 12.0 Å². The monoisotopic (exact) mass is 452 g/mol. The quantitative estimate of drug-likeness (QED) is 0.521. The summed E-state index contributed by atoms with van der Waals surface area (Å²) in [6, 6.07) is 16.5. The van der Waals surface area contributed by atoms with Gasteiger partial charge in [0.05, 0.1) is 24.1 Å². The first-order chi connectivity index (χ1) is 15.6. The van der Waals surface area contributed by atoms with E-state index in [1.165, 1.54) is 11.2 Å². The Balaban J connectivity index is 1.81. The van der Waals surface area contributed by atoms with Gasteiger partial charge in [-0.25, -0.2) is 0 Å². The number of nitrogens with zero attached hydrogens (tertiary/aromatic N) is 1. The zero-order valence-electron chi connectivity index (χ0n) is 17.8. The van der Waals surface area contributed by atoms with Crippen molar-refractivity contribution in [3.8, 4) is 5.75 Å². The largest absolute Gasteiger partial charge is 0.497 e. The van der Waals surface area contributed by atoms with Gasteiger partial charge >= 0.3 is 0 Å². The SMILES string of the molecule is COc1ccc([C@@H](C(=O)NC2CCCC2)N(C(=O)c2ccco2)c2ccccc2Cl)cc1. The van der Waals surface area contributed by atoms with E-state index in [0.29, 0.717) is 22.0 Å². The summed E-state index contributed by atoms with van der Waals surface area (Å²) >= 11 is 6.50. The molecule has 1 aromatic heterocycles. The van der Waals surface area contributed by atoms with Crippen molar-refractivity contribution < 1.29 is 18.7 Å². The number of rotatable bonds is 7. The zero-order chi connectivity index (χ0) is 22.5. The van der Waals surface area contributed by atoms with Crippen LogP contribution < -0.4 is 15.0 Å². The van der Waals surface area contributed by atoms with E-state index in [1.807, 2.05) is 0 Å². The van der Waals surface area contributed by atoms with Crippen molar-refractivity contribution >= 4 is 29.1 Å². The number of methoxy groups -OCH3 is 1. The summed E-state index contributed by atoms with van der Waals surface area (Å²) in [5, 5.41) is 3.50. The molecule has 1 saturated carbocycles. The molecule has 3 aromatic rings. The van der Waals surface area contributed by atoms with Crippen molar-refractivity contribution in [3.05, 3.63) is 83.3 Å². The first-order valence-electron chi connectivity index (χ1n) is 10.6. The normalized spacial score (nSPS) is 14.7. The molecule has 1 heterocycles. The van der Waals surface area contributed by atoms with E-state index in [9.17, 15) is 9.59 Å². The molecule has 2 aromatic carbocycles. The number of para-hydroxylation sites is 1. The topological polar surface area (TPSA) is 71.8 Å². The van der Waals surface area contributed by atoms with E-state index < -0.39 is 11.9 Å². The third kappa shape index (κ3) is 4.65. The Hall–Kier alpha value is -3.25. The molecule has 1 aliphatic rings. The van der Waals surface area contributed by atoms with E-state index in [-0.39, 0.29) is 17.7 Å². The third-order valence-electron chi connectivity index (χ3n) is 5.70. The number of carbonyl (C=O) groups is 2. The number of ether oxygens (including phenoxy) is 1. The van der Waals surface area contributed by atoms with Crippen LogP contribution in [-0.4, -0.2) is 25.0 Å². The summed E-state index contributed by atoms with van der Waals surface area (Å²) in [6.45, 7) is 0. The predicted molar refractivity (Wildman–Crippen MR) is 123 cm³/mol. The van der Waals surface area contributed by atoms with E-state index in [2.05, 4.69) is 5.32 Å². The maximum absolute atomic E-state index is 13.6. The van der Waals surface area contributed by atoms with Crippen LogP contribution in [0, 0.1) is 0 Å². The van der Waals surface area contributed by atoms with Gasteiger partial charge in [-0.2, -0.15) is 0 Å². The van der Waals surface area contributed by atoms with Crippen LogP contribution in [0.4, 0.5) is 5.69 Å². The van der Waals surface area contributed by atoms with Gasteiger partial charge in [-0.15, -0.1) is 0 Å². The van der Waals surface area contributed by atoms with Crippen LogP contribution in [0.1, 0.15) is 47.8 Å². The standard InChI is InChI=1S/C25H25ClN2O4/c1-31-19-14-12-17(13-15-19)23(24(29)27-18-7-2-3-8-18)28(21-10-5-4-9-20(21)26)25(30)22-11-6-16-32-22/h4-6,9-16,18,23H,2-3,7-8H2,1H3,(H,27,29)/t23-/m0/s1. The fraction of sp³-hybridized carbons (Fsp3) is 0.280. The molecule has 0 aliphatic heterocycles. The Kier molecular flexibility index (Phi) is 6.81. The number of amides is 2. The second-order valence-corrected chi connectivity index (χ2v) is 8.18. The summed E-state index contributed by atoms with van der Waals surface area (Å²) in [6.07, 6.45) is 5.45. The van der Waals surface area contributed by atoms with Crippen LogP contribution in [0.2, 0.25) is 5.02 Å². The molecule has 4 rings (SSSR count). The highest BCUT2D eigenvalue weighted by Gasteiger charge is 2.36. The molecule has 0 bridgehead atoms. The molecule has 0 spiro atoms. The molecule has 2 amide bonds. The lowest BCUT2D eigenvalue weighted by Gasteiger charge is -2.32. The highest BCUT2D eigenvalue weighted by molar-refractivity contribution is 6.34. The maximum Gasteiger partial charge on any atom is 0.295 e. The van der Waals surface area contributed by atoms with Gasteiger partial charge in [0.15, 0.2) is 5.76 Å². The van der Waals surface area contributed by atoms with Crippen LogP contribution in [0.15, 0.2) is 71.3 Å². The fourth-order valence-electron chi connectivity index (χ4n) is 4.09. The molecule has 1 fully saturated rings.